The summed E-state index contributed by atoms with van der Waals surface area (Å²) in [5.74, 6) is 0. The molecule has 8 aromatic rings. The van der Waals surface area contributed by atoms with E-state index < -0.39 is 8.07 Å². The first-order chi connectivity index (χ1) is 29.1. The molecule has 8 aromatic carbocycles. The Kier molecular flexibility index (Phi) is 9.26. The second kappa shape index (κ2) is 14.6. The van der Waals surface area contributed by atoms with Crippen LogP contribution < -0.4 is 58.4 Å². The Hall–Kier alpha value is -6.09. The topological polar surface area (TPSA) is 3.24 Å². The number of rotatable bonds is 6. The van der Waals surface area contributed by atoms with Crippen LogP contribution in [0.5, 0.6) is 0 Å². The minimum absolute atomic E-state index is 0.0346. The van der Waals surface area contributed by atoms with Crippen LogP contribution in [0.2, 0.25) is 0 Å². The van der Waals surface area contributed by atoms with E-state index in [1.807, 2.05) is 0 Å². The van der Waals surface area contributed by atoms with Crippen molar-refractivity contribution in [3.05, 3.63) is 208 Å². The summed E-state index contributed by atoms with van der Waals surface area (Å²) in [7, 11) is -2.83. The second-order valence-electron chi connectivity index (χ2n) is 17.8. The van der Waals surface area contributed by atoms with Crippen LogP contribution in [0.1, 0.15) is 44.5 Å². The molecule has 60 heavy (non-hydrogen) atoms. The summed E-state index contributed by atoms with van der Waals surface area (Å²) in [5, 5.41) is 5.57. The zero-order valence-electron chi connectivity index (χ0n) is 36.2. The molecule has 0 spiro atoms. The molecule has 0 fully saturated rings. The summed E-state index contributed by atoms with van der Waals surface area (Å²) >= 11 is 0. The Morgan fingerprint density at radius 2 is 0.700 bits per heavy atom. The molecular weight excluding hydrogens is 736 g/mol. The smallest absolute Gasteiger partial charge is 0.247 e. The lowest BCUT2D eigenvalue weighted by molar-refractivity contribution is 1.28. The average Bonchev–Trinajstić information content (AvgIpc) is 3.23. The third-order valence-corrected chi connectivity index (χ3v) is 18.4. The first-order valence-electron chi connectivity index (χ1n) is 21.6. The Labute approximate surface area is 359 Å². The second-order valence-corrected chi connectivity index (χ2v) is 21.6. The largest absolute Gasteiger partial charge is 0.313 e. The molecule has 1 nitrogen and oxygen atoms in total. The lowest BCUT2D eigenvalue weighted by Crippen LogP contribution is -2.75. The molecule has 2 heterocycles. The van der Waals surface area contributed by atoms with Gasteiger partial charge in [0, 0.05) is 17.1 Å². The fourth-order valence-electron chi connectivity index (χ4n) is 11.6. The van der Waals surface area contributed by atoms with Crippen molar-refractivity contribution in [2.45, 2.75) is 55.4 Å². The highest BCUT2D eigenvalue weighted by Crippen LogP contribution is 2.38. The van der Waals surface area contributed by atoms with Gasteiger partial charge in [0.25, 0.3) is 0 Å². The maximum Gasteiger partial charge on any atom is 0.247 e. The molecule has 0 N–H and O–H groups in total. The van der Waals surface area contributed by atoms with Crippen molar-refractivity contribution < 1.29 is 0 Å². The van der Waals surface area contributed by atoms with E-state index in [2.05, 4.69) is 224 Å². The highest BCUT2D eigenvalue weighted by Gasteiger charge is 2.47. The van der Waals surface area contributed by atoms with Crippen molar-refractivity contribution in [2.75, 3.05) is 4.90 Å². The molecule has 0 aliphatic carbocycles. The Bertz CT molecular complexity index is 2830. The summed E-state index contributed by atoms with van der Waals surface area (Å²) in [6, 6.07) is 63.5. The van der Waals surface area contributed by atoms with Crippen LogP contribution in [0, 0.1) is 55.4 Å². The molecule has 0 unspecified atom stereocenters. The van der Waals surface area contributed by atoms with E-state index >= 15 is 0 Å². The SMILES string of the molecule is Cc1cc(C)c(B2c3cc(C)ccc3N3c4ccc([Si](c5ccccc5)(c5ccccc5)c5ccccc5)cc4B(c4c(C)cc(C)cc4C)c4cc(C)cc2c43)c(C)c1. The van der Waals surface area contributed by atoms with Gasteiger partial charge in [-0.15, -0.1) is 0 Å². The molecule has 2 aliphatic rings. The third-order valence-electron chi connectivity index (χ3n) is 13.6. The molecule has 0 atom stereocenters. The van der Waals surface area contributed by atoms with Crippen LogP contribution in [0.25, 0.3) is 0 Å². The van der Waals surface area contributed by atoms with Crippen molar-refractivity contribution >= 4 is 92.1 Å². The van der Waals surface area contributed by atoms with Crippen LogP contribution in [0.15, 0.2) is 164 Å². The van der Waals surface area contributed by atoms with Gasteiger partial charge in [0.2, 0.25) is 13.4 Å². The predicted octanol–water partition coefficient (Wildman–Crippen LogP) is 6.66. The highest BCUT2D eigenvalue weighted by molar-refractivity contribution is 7.20. The van der Waals surface area contributed by atoms with E-state index in [1.54, 1.807) is 0 Å². The Balaban J connectivity index is 1.35. The molecule has 0 radical (unpaired) electrons. The fourth-order valence-corrected chi connectivity index (χ4v) is 16.3. The minimum Gasteiger partial charge on any atom is -0.313 e. The maximum atomic E-state index is 2.65. The molecule has 4 heteroatoms. The Morgan fingerprint density at radius 3 is 1.13 bits per heavy atom. The van der Waals surface area contributed by atoms with Crippen molar-refractivity contribution in [3.63, 3.8) is 0 Å². The number of benzene rings is 8. The monoisotopic (exact) mass is 787 g/mol. The van der Waals surface area contributed by atoms with Gasteiger partial charge in [0.1, 0.15) is 0 Å². The number of anilines is 3. The van der Waals surface area contributed by atoms with E-state index in [-0.39, 0.29) is 13.4 Å². The van der Waals surface area contributed by atoms with Gasteiger partial charge < -0.3 is 4.90 Å². The number of hydrogen-bond donors (Lipinski definition) is 0. The lowest BCUT2D eigenvalue weighted by atomic mass is 9.29. The molecule has 290 valence electrons. The number of hydrogen-bond acceptors (Lipinski definition) is 1. The van der Waals surface area contributed by atoms with Gasteiger partial charge in [-0.25, -0.2) is 0 Å². The molecule has 10 rings (SSSR count). The third kappa shape index (κ3) is 5.83. The molecule has 0 bridgehead atoms. The van der Waals surface area contributed by atoms with Gasteiger partial charge in [-0.3, -0.25) is 0 Å². The summed E-state index contributed by atoms with van der Waals surface area (Å²) in [5.41, 5.74) is 23.0. The number of aryl methyl sites for hydroxylation is 8. The average molecular weight is 788 g/mol. The van der Waals surface area contributed by atoms with Gasteiger partial charge >= 0.3 is 0 Å². The quantitative estimate of drug-likeness (QED) is 0.135. The molecule has 2 aliphatic heterocycles. The van der Waals surface area contributed by atoms with Crippen molar-refractivity contribution in [1.82, 2.24) is 0 Å². The fraction of sp³-hybridized carbons (Fsp3) is 0.143. The zero-order chi connectivity index (χ0) is 41.4. The maximum absolute atomic E-state index is 2.83. The molecule has 0 amide bonds. The van der Waals surface area contributed by atoms with Crippen molar-refractivity contribution in [3.8, 4) is 0 Å². The first kappa shape index (κ1) is 38.1. The van der Waals surface area contributed by atoms with Gasteiger partial charge in [-0.1, -0.05) is 207 Å². The summed E-state index contributed by atoms with van der Waals surface area (Å²) in [6.07, 6.45) is 0. The summed E-state index contributed by atoms with van der Waals surface area (Å²) in [4.78, 5) is 2.65. The van der Waals surface area contributed by atoms with E-state index in [1.165, 1.54) is 115 Å². The van der Waals surface area contributed by atoms with Crippen LogP contribution in [0.4, 0.5) is 17.1 Å². The molecule has 0 aromatic heterocycles. The Morgan fingerprint density at radius 1 is 0.333 bits per heavy atom. The van der Waals surface area contributed by atoms with Gasteiger partial charge in [-0.05, 0) is 110 Å². The number of nitrogens with zero attached hydrogens (tertiary/aromatic N) is 1. The van der Waals surface area contributed by atoms with E-state index in [0.717, 1.165) is 0 Å². The molecule has 0 saturated heterocycles. The van der Waals surface area contributed by atoms with E-state index in [4.69, 9.17) is 0 Å². The summed E-state index contributed by atoms with van der Waals surface area (Å²) in [6.45, 7) is 18.5. The highest BCUT2D eigenvalue weighted by atomic mass is 28.3. The van der Waals surface area contributed by atoms with Crippen molar-refractivity contribution in [1.29, 1.82) is 0 Å². The minimum atomic E-state index is -2.83. The van der Waals surface area contributed by atoms with Crippen LogP contribution in [-0.4, -0.2) is 21.5 Å². The van der Waals surface area contributed by atoms with E-state index in [9.17, 15) is 0 Å². The normalized spacial score (nSPS) is 12.9. The van der Waals surface area contributed by atoms with Crippen molar-refractivity contribution in [2.24, 2.45) is 0 Å². The lowest BCUT2D eigenvalue weighted by Gasteiger charge is -2.45. The molecule has 0 saturated carbocycles. The van der Waals surface area contributed by atoms with Crippen LogP contribution >= 0.6 is 0 Å². The van der Waals surface area contributed by atoms with Crippen LogP contribution in [-0.2, 0) is 0 Å². The predicted molar refractivity (Wildman–Crippen MR) is 265 cm³/mol. The van der Waals surface area contributed by atoms with Gasteiger partial charge in [0.05, 0.1) is 0 Å². The van der Waals surface area contributed by atoms with Gasteiger partial charge in [-0.2, -0.15) is 0 Å². The van der Waals surface area contributed by atoms with Gasteiger partial charge in [0.15, 0.2) is 8.07 Å². The molecular formula is C56H51B2NSi. The summed E-state index contributed by atoms with van der Waals surface area (Å²) < 4.78 is 0. The zero-order valence-corrected chi connectivity index (χ0v) is 37.2. The van der Waals surface area contributed by atoms with E-state index in [0.29, 0.717) is 0 Å². The first-order valence-corrected chi connectivity index (χ1v) is 23.6. The van der Waals surface area contributed by atoms with Crippen LogP contribution in [0.3, 0.4) is 0 Å². The number of fused-ring (bicyclic) bond motifs is 4. The standard InChI is InChI=1S/C56H51B2NSi/c1-36-24-26-52-48(32-36)57(54-40(5)28-37(2)29-41(54)6)50-33-39(4)34-51-56(50)59(52)53-27-25-47(35-49(53)58(51)55-42(7)30-38(3)31-43(55)8)60(44-18-12-9-13-19-44,45-20-14-10-15-21-45)46-22-16-11-17-23-46/h9-35H,1-8H3.